The van der Waals surface area contributed by atoms with Crippen molar-refractivity contribution in [2.75, 3.05) is 12.4 Å². The van der Waals surface area contributed by atoms with Gasteiger partial charge in [0.1, 0.15) is 5.82 Å². The summed E-state index contributed by atoms with van der Waals surface area (Å²) < 4.78 is 15.4. The highest BCUT2D eigenvalue weighted by atomic mass is 19.1. The summed E-state index contributed by atoms with van der Waals surface area (Å²) in [6, 6.07) is 5.60. The average Bonchev–Trinajstić information content (AvgIpc) is 2.83. The first-order chi connectivity index (χ1) is 12.3. The van der Waals surface area contributed by atoms with Crippen LogP contribution in [0.4, 0.5) is 10.1 Å². The summed E-state index contributed by atoms with van der Waals surface area (Å²) in [5.74, 6) is -1.07. The van der Waals surface area contributed by atoms with E-state index in [2.05, 4.69) is 10.4 Å². The number of piperidine rings is 1. The Morgan fingerprint density at radius 3 is 2.65 bits per heavy atom. The van der Waals surface area contributed by atoms with Crippen molar-refractivity contribution in [2.45, 2.75) is 32.7 Å². The molecule has 0 saturated carbocycles. The third-order valence-electron chi connectivity index (χ3n) is 5.15. The Morgan fingerprint density at radius 2 is 2.04 bits per heavy atom. The number of nitrogens with zero attached hydrogens (tertiary/aromatic N) is 3. The molecule has 2 heterocycles. The quantitative estimate of drug-likeness (QED) is 0.917. The van der Waals surface area contributed by atoms with Crippen LogP contribution in [-0.2, 0) is 16.6 Å². The predicted molar refractivity (Wildman–Crippen MR) is 95.9 cm³/mol. The Labute approximate surface area is 152 Å². The van der Waals surface area contributed by atoms with E-state index in [9.17, 15) is 14.0 Å². The van der Waals surface area contributed by atoms with E-state index >= 15 is 0 Å². The van der Waals surface area contributed by atoms with Crippen LogP contribution in [0.2, 0.25) is 0 Å². The number of hydrogen-bond acceptors (Lipinski definition) is 3. The van der Waals surface area contributed by atoms with Gasteiger partial charge in [0.15, 0.2) is 0 Å². The normalized spacial score (nSPS) is 20.3. The highest BCUT2D eigenvalue weighted by Gasteiger charge is 2.39. The second-order valence-electron chi connectivity index (χ2n) is 6.81. The molecule has 0 spiro atoms. The topological polar surface area (TPSA) is 67.2 Å². The third-order valence-corrected chi connectivity index (χ3v) is 5.15. The minimum Gasteiger partial charge on any atom is -0.338 e. The van der Waals surface area contributed by atoms with Gasteiger partial charge in [-0.3, -0.25) is 14.3 Å². The van der Waals surface area contributed by atoms with Crippen molar-refractivity contribution in [1.29, 1.82) is 0 Å². The van der Waals surface area contributed by atoms with Gasteiger partial charge in [-0.25, -0.2) is 4.39 Å². The van der Waals surface area contributed by atoms with E-state index < -0.39 is 12.0 Å². The van der Waals surface area contributed by atoms with Crippen LogP contribution in [0.5, 0.6) is 0 Å². The van der Waals surface area contributed by atoms with Gasteiger partial charge in [0, 0.05) is 20.5 Å². The number of carbonyl (C=O) groups excluding carboxylic acids is 2. The van der Waals surface area contributed by atoms with Crippen LogP contribution < -0.4 is 5.32 Å². The van der Waals surface area contributed by atoms with E-state index in [0.717, 1.165) is 11.4 Å². The van der Waals surface area contributed by atoms with Crippen LogP contribution in [-0.4, -0.2) is 33.5 Å². The number of aryl methyl sites for hydroxylation is 2. The van der Waals surface area contributed by atoms with Crippen LogP contribution in [0.3, 0.4) is 0 Å². The second-order valence-corrected chi connectivity index (χ2v) is 6.81. The van der Waals surface area contributed by atoms with E-state index in [4.69, 9.17) is 0 Å². The summed E-state index contributed by atoms with van der Waals surface area (Å²) in [5, 5.41) is 7.28. The molecule has 6 nitrogen and oxygen atoms in total. The summed E-state index contributed by atoms with van der Waals surface area (Å²) in [6.45, 7) is 3.72. The zero-order valence-corrected chi connectivity index (χ0v) is 15.4. The zero-order valence-electron chi connectivity index (χ0n) is 15.4. The van der Waals surface area contributed by atoms with Crippen LogP contribution >= 0.6 is 0 Å². The summed E-state index contributed by atoms with van der Waals surface area (Å²) >= 11 is 0. The molecule has 1 aliphatic heterocycles. The Bertz CT molecular complexity index is 861. The molecule has 2 atom stereocenters. The maximum Gasteiger partial charge on any atom is 0.230 e. The molecule has 3 rings (SSSR count). The first-order valence-corrected chi connectivity index (χ1v) is 8.61. The lowest BCUT2D eigenvalue weighted by molar-refractivity contribution is -0.140. The molecule has 138 valence electrons. The molecule has 1 aromatic carbocycles. The van der Waals surface area contributed by atoms with Crippen molar-refractivity contribution >= 4 is 17.5 Å². The summed E-state index contributed by atoms with van der Waals surface area (Å²) in [6.07, 6.45) is 0.722. The Hall–Kier alpha value is -2.70. The fraction of sp³-hybridized carbons (Fsp3) is 0.421. The maximum atomic E-state index is 13.7. The minimum absolute atomic E-state index is 0.0444. The Morgan fingerprint density at radius 1 is 1.31 bits per heavy atom. The van der Waals surface area contributed by atoms with Gasteiger partial charge in [0.05, 0.1) is 29.0 Å². The Kier molecular flexibility index (Phi) is 4.80. The first kappa shape index (κ1) is 18.1. The predicted octanol–water partition coefficient (Wildman–Crippen LogP) is 2.72. The molecule has 1 aromatic heterocycles. The SMILES string of the molecule is Cc1nn(C)c(C)c1NC(=O)C1CCC(=O)N(C)C1c1cccc(F)c1. The number of nitrogens with one attached hydrogen (secondary N) is 1. The molecule has 1 aliphatic rings. The van der Waals surface area contributed by atoms with Gasteiger partial charge < -0.3 is 10.2 Å². The number of rotatable bonds is 3. The van der Waals surface area contributed by atoms with Crippen LogP contribution in [0.15, 0.2) is 24.3 Å². The van der Waals surface area contributed by atoms with E-state index in [-0.39, 0.29) is 17.6 Å². The summed E-state index contributed by atoms with van der Waals surface area (Å²) in [5.41, 5.74) is 2.91. The fourth-order valence-electron chi connectivity index (χ4n) is 3.63. The van der Waals surface area contributed by atoms with Gasteiger partial charge in [-0.2, -0.15) is 5.10 Å². The van der Waals surface area contributed by atoms with E-state index in [1.807, 2.05) is 20.9 Å². The zero-order chi connectivity index (χ0) is 19.0. The molecular weight excluding hydrogens is 335 g/mol. The fourth-order valence-corrected chi connectivity index (χ4v) is 3.63. The molecule has 0 radical (unpaired) electrons. The number of likely N-dealkylation sites (tertiary alicyclic amines) is 1. The number of halogens is 1. The lowest BCUT2D eigenvalue weighted by Gasteiger charge is -2.38. The van der Waals surface area contributed by atoms with Crippen molar-refractivity contribution in [1.82, 2.24) is 14.7 Å². The highest BCUT2D eigenvalue weighted by Crippen LogP contribution is 2.37. The third kappa shape index (κ3) is 3.21. The monoisotopic (exact) mass is 358 g/mol. The molecule has 0 bridgehead atoms. The first-order valence-electron chi connectivity index (χ1n) is 8.61. The number of anilines is 1. The molecule has 2 aromatic rings. The molecule has 2 unspecified atom stereocenters. The minimum atomic E-state index is -0.496. The number of benzene rings is 1. The number of amides is 2. The molecule has 1 N–H and O–H groups in total. The van der Waals surface area contributed by atoms with Gasteiger partial charge in [-0.05, 0) is 38.0 Å². The molecule has 7 heteroatoms. The van der Waals surface area contributed by atoms with Gasteiger partial charge >= 0.3 is 0 Å². The van der Waals surface area contributed by atoms with Gasteiger partial charge in [-0.15, -0.1) is 0 Å². The molecular formula is C19H23FN4O2. The van der Waals surface area contributed by atoms with Crippen LogP contribution in [0, 0.1) is 25.6 Å². The molecule has 1 fully saturated rings. The molecule has 26 heavy (non-hydrogen) atoms. The van der Waals surface area contributed by atoms with Crippen molar-refractivity contribution < 1.29 is 14.0 Å². The van der Waals surface area contributed by atoms with Crippen LogP contribution in [0.25, 0.3) is 0 Å². The van der Waals surface area contributed by atoms with E-state index in [0.29, 0.717) is 24.1 Å². The number of carbonyl (C=O) groups is 2. The molecule has 0 aliphatic carbocycles. The van der Waals surface area contributed by atoms with Gasteiger partial charge in [-0.1, -0.05) is 12.1 Å². The standard InChI is InChI=1S/C19H23FN4O2/c1-11-17(12(2)24(4)22-11)21-19(26)15-8-9-16(25)23(3)18(15)13-6-5-7-14(20)10-13/h5-7,10,15,18H,8-9H2,1-4H3,(H,21,26). The second kappa shape index (κ2) is 6.90. The molecule has 2 amide bonds. The summed E-state index contributed by atoms with van der Waals surface area (Å²) in [4.78, 5) is 26.8. The maximum absolute atomic E-state index is 13.7. The lowest BCUT2D eigenvalue weighted by atomic mass is 9.84. The van der Waals surface area contributed by atoms with E-state index in [1.165, 1.54) is 12.1 Å². The van der Waals surface area contributed by atoms with Crippen molar-refractivity contribution in [3.05, 3.63) is 47.0 Å². The number of aromatic nitrogens is 2. The average molecular weight is 358 g/mol. The lowest BCUT2D eigenvalue weighted by Crippen LogP contribution is -2.44. The van der Waals surface area contributed by atoms with Gasteiger partial charge in [0.2, 0.25) is 11.8 Å². The highest BCUT2D eigenvalue weighted by molar-refractivity contribution is 5.95. The van der Waals surface area contributed by atoms with Crippen LogP contribution in [0.1, 0.15) is 35.8 Å². The smallest absolute Gasteiger partial charge is 0.230 e. The van der Waals surface area contributed by atoms with Crippen molar-refractivity contribution in [3.63, 3.8) is 0 Å². The largest absolute Gasteiger partial charge is 0.338 e. The Balaban J connectivity index is 1.92. The number of hydrogen-bond donors (Lipinski definition) is 1. The molecule has 1 saturated heterocycles. The van der Waals surface area contributed by atoms with Crippen molar-refractivity contribution in [3.8, 4) is 0 Å². The van der Waals surface area contributed by atoms with Gasteiger partial charge in [0.25, 0.3) is 0 Å². The summed E-state index contributed by atoms with van der Waals surface area (Å²) in [7, 11) is 3.48. The van der Waals surface area contributed by atoms with Crippen molar-refractivity contribution in [2.24, 2.45) is 13.0 Å². The van der Waals surface area contributed by atoms with E-state index in [1.54, 1.807) is 28.8 Å².